The molecule has 1 unspecified atom stereocenters. The predicted molar refractivity (Wildman–Crippen MR) is 90.5 cm³/mol. The lowest BCUT2D eigenvalue weighted by molar-refractivity contribution is -0.139. The molecular weight excluding hydrogens is 308 g/mol. The molecule has 0 N–H and O–H groups in total. The Morgan fingerprint density at radius 1 is 1.25 bits per heavy atom. The van der Waals surface area contributed by atoms with Crippen molar-refractivity contribution in [2.45, 2.75) is 13.0 Å². The standard InChI is InChI=1S/C19H20O5/c1-13(2)19(20)22-9-8-21-18-5-3-4-14-10-15(6-7-17(14)18)23-11-16-12-24-16/h3-7,10,16H,1,8-9,11-12H2,2H3. The molecular formula is C19H20O5. The maximum Gasteiger partial charge on any atom is 0.333 e. The number of hydrogen-bond acceptors (Lipinski definition) is 5. The molecule has 0 spiro atoms. The summed E-state index contributed by atoms with van der Waals surface area (Å²) >= 11 is 0. The van der Waals surface area contributed by atoms with Gasteiger partial charge in [0.15, 0.2) is 0 Å². The molecule has 5 heteroatoms. The van der Waals surface area contributed by atoms with E-state index in [9.17, 15) is 4.79 Å². The second-order valence-electron chi connectivity index (χ2n) is 5.67. The summed E-state index contributed by atoms with van der Waals surface area (Å²) in [5, 5.41) is 2.01. The number of carbonyl (C=O) groups is 1. The largest absolute Gasteiger partial charge is 0.491 e. The number of epoxide rings is 1. The third-order valence-electron chi connectivity index (χ3n) is 3.57. The molecule has 0 bridgehead atoms. The van der Waals surface area contributed by atoms with Crippen LogP contribution in [0.15, 0.2) is 48.6 Å². The highest BCUT2D eigenvalue weighted by atomic mass is 16.6. The molecule has 1 aliphatic rings. The molecule has 0 amide bonds. The maximum atomic E-state index is 11.3. The lowest BCUT2D eigenvalue weighted by atomic mass is 10.1. The summed E-state index contributed by atoms with van der Waals surface area (Å²) in [6, 6.07) is 11.7. The van der Waals surface area contributed by atoms with Crippen LogP contribution in [-0.2, 0) is 14.3 Å². The molecule has 0 saturated carbocycles. The molecule has 2 aromatic carbocycles. The first-order valence-electron chi connectivity index (χ1n) is 7.86. The van der Waals surface area contributed by atoms with Gasteiger partial charge in [-0.25, -0.2) is 4.79 Å². The van der Waals surface area contributed by atoms with Gasteiger partial charge in [0.25, 0.3) is 0 Å². The average molecular weight is 328 g/mol. The summed E-state index contributed by atoms with van der Waals surface area (Å²) in [5.74, 6) is 1.15. The maximum absolute atomic E-state index is 11.3. The molecule has 126 valence electrons. The van der Waals surface area contributed by atoms with Crippen LogP contribution < -0.4 is 9.47 Å². The summed E-state index contributed by atoms with van der Waals surface area (Å²) in [6.07, 6.45) is 0.234. The molecule has 0 radical (unpaired) electrons. The minimum Gasteiger partial charge on any atom is -0.491 e. The topological polar surface area (TPSA) is 57.3 Å². The molecule has 1 heterocycles. The number of rotatable bonds is 8. The summed E-state index contributed by atoms with van der Waals surface area (Å²) < 4.78 is 21.6. The lowest BCUT2D eigenvalue weighted by Gasteiger charge is -2.11. The number of carbonyl (C=O) groups excluding carboxylic acids is 1. The highest BCUT2D eigenvalue weighted by Crippen LogP contribution is 2.29. The van der Waals surface area contributed by atoms with Gasteiger partial charge in [0.05, 0.1) is 6.61 Å². The first kappa shape index (κ1) is 16.3. The van der Waals surface area contributed by atoms with Crippen molar-refractivity contribution in [3.63, 3.8) is 0 Å². The van der Waals surface area contributed by atoms with E-state index in [0.717, 1.165) is 28.9 Å². The molecule has 2 aromatic rings. The monoisotopic (exact) mass is 328 g/mol. The van der Waals surface area contributed by atoms with Crippen LogP contribution in [0, 0.1) is 0 Å². The SMILES string of the molecule is C=C(C)C(=O)OCCOc1cccc2cc(OCC3CO3)ccc12. The van der Waals surface area contributed by atoms with Gasteiger partial charge in [-0.2, -0.15) is 0 Å². The summed E-state index contributed by atoms with van der Waals surface area (Å²) in [6.45, 7) is 6.98. The van der Waals surface area contributed by atoms with Crippen molar-refractivity contribution in [1.82, 2.24) is 0 Å². The van der Waals surface area contributed by atoms with E-state index in [1.54, 1.807) is 6.92 Å². The molecule has 3 rings (SSSR count). The van der Waals surface area contributed by atoms with E-state index >= 15 is 0 Å². The van der Waals surface area contributed by atoms with E-state index in [1.807, 2.05) is 36.4 Å². The Morgan fingerprint density at radius 3 is 2.83 bits per heavy atom. The molecule has 24 heavy (non-hydrogen) atoms. The number of ether oxygens (including phenoxy) is 4. The highest BCUT2D eigenvalue weighted by Gasteiger charge is 2.23. The van der Waals surface area contributed by atoms with Gasteiger partial charge in [-0.3, -0.25) is 0 Å². The van der Waals surface area contributed by atoms with Gasteiger partial charge in [0.1, 0.15) is 37.4 Å². The normalized spacial score (nSPS) is 15.8. The van der Waals surface area contributed by atoms with Gasteiger partial charge in [-0.1, -0.05) is 18.7 Å². The Labute approximate surface area is 140 Å². The Hall–Kier alpha value is -2.53. The summed E-state index contributed by atoms with van der Waals surface area (Å²) in [7, 11) is 0. The van der Waals surface area contributed by atoms with Crippen LogP contribution in [0.25, 0.3) is 10.8 Å². The van der Waals surface area contributed by atoms with Crippen LogP contribution in [0.2, 0.25) is 0 Å². The minimum atomic E-state index is -0.405. The molecule has 1 atom stereocenters. The Balaban J connectivity index is 1.60. The van der Waals surface area contributed by atoms with Crippen molar-refractivity contribution >= 4 is 16.7 Å². The van der Waals surface area contributed by atoms with E-state index in [1.165, 1.54) is 0 Å². The molecule has 1 saturated heterocycles. The summed E-state index contributed by atoms with van der Waals surface area (Å²) in [5.41, 5.74) is 0.379. The van der Waals surface area contributed by atoms with Gasteiger partial charge < -0.3 is 18.9 Å². The van der Waals surface area contributed by atoms with Crippen molar-refractivity contribution < 1.29 is 23.7 Å². The first-order valence-corrected chi connectivity index (χ1v) is 7.86. The van der Waals surface area contributed by atoms with Crippen molar-refractivity contribution in [2.24, 2.45) is 0 Å². The predicted octanol–water partition coefficient (Wildman–Crippen LogP) is 3.12. The zero-order chi connectivity index (χ0) is 16.9. The molecule has 1 aliphatic heterocycles. The second kappa shape index (κ2) is 7.36. The third-order valence-corrected chi connectivity index (χ3v) is 3.57. The zero-order valence-corrected chi connectivity index (χ0v) is 13.6. The number of hydrogen-bond donors (Lipinski definition) is 0. The van der Waals surface area contributed by atoms with Crippen LogP contribution in [0.1, 0.15) is 6.92 Å². The average Bonchev–Trinajstić information content (AvgIpc) is 3.40. The van der Waals surface area contributed by atoms with Crippen molar-refractivity contribution in [3.05, 3.63) is 48.6 Å². The lowest BCUT2D eigenvalue weighted by Crippen LogP contribution is -2.12. The van der Waals surface area contributed by atoms with Crippen molar-refractivity contribution in [3.8, 4) is 11.5 Å². The zero-order valence-electron chi connectivity index (χ0n) is 13.6. The second-order valence-corrected chi connectivity index (χ2v) is 5.67. The van der Waals surface area contributed by atoms with Gasteiger partial charge in [0, 0.05) is 11.0 Å². The van der Waals surface area contributed by atoms with Gasteiger partial charge in [-0.15, -0.1) is 0 Å². The fourth-order valence-electron chi connectivity index (χ4n) is 2.21. The molecule has 1 fully saturated rings. The molecule has 5 nitrogen and oxygen atoms in total. The summed E-state index contributed by atoms with van der Waals surface area (Å²) in [4.78, 5) is 11.3. The first-order chi connectivity index (χ1) is 11.6. The van der Waals surface area contributed by atoms with Gasteiger partial charge in [0.2, 0.25) is 0 Å². The van der Waals surface area contributed by atoms with Crippen LogP contribution in [0.5, 0.6) is 11.5 Å². The fourth-order valence-corrected chi connectivity index (χ4v) is 2.21. The van der Waals surface area contributed by atoms with Crippen LogP contribution >= 0.6 is 0 Å². The van der Waals surface area contributed by atoms with Crippen LogP contribution in [0.3, 0.4) is 0 Å². The van der Waals surface area contributed by atoms with E-state index in [-0.39, 0.29) is 19.3 Å². The van der Waals surface area contributed by atoms with E-state index in [0.29, 0.717) is 12.2 Å². The number of fused-ring (bicyclic) bond motifs is 1. The van der Waals surface area contributed by atoms with Crippen molar-refractivity contribution in [2.75, 3.05) is 26.4 Å². The Morgan fingerprint density at radius 2 is 2.08 bits per heavy atom. The van der Waals surface area contributed by atoms with E-state index in [4.69, 9.17) is 18.9 Å². The third kappa shape index (κ3) is 4.26. The van der Waals surface area contributed by atoms with Gasteiger partial charge >= 0.3 is 5.97 Å². The highest BCUT2D eigenvalue weighted by molar-refractivity contribution is 5.89. The minimum absolute atomic E-state index is 0.185. The van der Waals surface area contributed by atoms with E-state index in [2.05, 4.69) is 6.58 Å². The smallest absolute Gasteiger partial charge is 0.333 e. The molecule has 0 aromatic heterocycles. The van der Waals surface area contributed by atoms with Gasteiger partial charge in [-0.05, 0) is 36.6 Å². The number of benzene rings is 2. The quantitative estimate of drug-likeness (QED) is 0.322. The number of esters is 1. The Bertz CT molecular complexity index is 749. The van der Waals surface area contributed by atoms with Crippen molar-refractivity contribution in [1.29, 1.82) is 0 Å². The van der Waals surface area contributed by atoms with Crippen LogP contribution in [-0.4, -0.2) is 38.5 Å². The molecule has 0 aliphatic carbocycles. The fraction of sp³-hybridized carbons (Fsp3) is 0.316. The van der Waals surface area contributed by atoms with E-state index < -0.39 is 5.97 Å². The van der Waals surface area contributed by atoms with Crippen LogP contribution in [0.4, 0.5) is 0 Å². The Kier molecular flexibility index (Phi) is 5.01.